The molecule has 0 saturated carbocycles. The van der Waals surface area contributed by atoms with E-state index in [1.165, 1.54) is 11.9 Å². The Kier molecular flexibility index (Phi) is 4.75. The normalized spacial score (nSPS) is 11.0. The zero-order chi connectivity index (χ0) is 15.4. The van der Waals surface area contributed by atoms with Crippen LogP contribution in [0.15, 0.2) is 30.6 Å². The van der Waals surface area contributed by atoms with E-state index in [0.717, 1.165) is 11.3 Å². The third kappa shape index (κ3) is 3.49. The molecule has 2 rings (SSSR count). The molecule has 0 amide bonds. The smallest absolute Gasteiger partial charge is 0.227 e. The number of ether oxygens (including phenoxy) is 1. The second kappa shape index (κ2) is 6.54. The van der Waals surface area contributed by atoms with E-state index >= 15 is 0 Å². The number of nitrogens with zero attached hydrogens (tertiary/aromatic N) is 2. The average Bonchev–Trinajstić information content (AvgIpc) is 2.46. The van der Waals surface area contributed by atoms with Gasteiger partial charge < -0.3 is 10.2 Å². The molecule has 0 aliphatic carbocycles. The number of rotatable bonds is 5. The van der Waals surface area contributed by atoms with Gasteiger partial charge in [-0.2, -0.15) is 0 Å². The van der Waals surface area contributed by atoms with Gasteiger partial charge in [0, 0.05) is 0 Å². The molecule has 0 aliphatic rings. The monoisotopic (exact) mass is 286 g/mol. The maximum absolute atomic E-state index is 5.96. The zero-order valence-corrected chi connectivity index (χ0v) is 12.9. The Morgan fingerprint density at radius 2 is 1.86 bits per heavy atom. The van der Waals surface area contributed by atoms with Crippen molar-refractivity contribution in [3.05, 3.63) is 41.7 Å². The maximum Gasteiger partial charge on any atom is 0.227 e. The first-order valence-corrected chi connectivity index (χ1v) is 7.12. The van der Waals surface area contributed by atoms with Gasteiger partial charge in [0.1, 0.15) is 12.1 Å². The molecule has 1 aromatic carbocycles. The molecule has 5 heteroatoms. The van der Waals surface area contributed by atoms with Crippen LogP contribution in [-0.2, 0) is 0 Å². The van der Waals surface area contributed by atoms with E-state index in [-0.39, 0.29) is 5.92 Å². The Labute approximate surface area is 125 Å². The molecule has 0 unspecified atom stereocenters. The third-order valence-corrected chi connectivity index (χ3v) is 3.30. The SMILES string of the molecule is CC(C)c1cccc(Oc2ncnc(NN)c2C(C)C)c1. The lowest BCUT2D eigenvalue weighted by atomic mass is 10.0. The van der Waals surface area contributed by atoms with Crippen LogP contribution in [0.1, 0.15) is 50.7 Å². The number of nitrogens with one attached hydrogen (secondary N) is 1. The molecule has 21 heavy (non-hydrogen) atoms. The summed E-state index contributed by atoms with van der Waals surface area (Å²) < 4.78 is 5.96. The Bertz CT molecular complexity index is 611. The van der Waals surface area contributed by atoms with Crippen molar-refractivity contribution in [3.63, 3.8) is 0 Å². The van der Waals surface area contributed by atoms with E-state index < -0.39 is 0 Å². The van der Waals surface area contributed by atoms with Gasteiger partial charge in [-0.3, -0.25) is 0 Å². The molecular weight excluding hydrogens is 264 g/mol. The Hall–Kier alpha value is -2.14. The topological polar surface area (TPSA) is 73.1 Å². The summed E-state index contributed by atoms with van der Waals surface area (Å²) in [5, 5.41) is 0. The highest BCUT2D eigenvalue weighted by molar-refractivity contribution is 5.50. The number of nitrogens with two attached hydrogens (primary N) is 1. The molecule has 3 N–H and O–H groups in total. The number of hydrogen-bond donors (Lipinski definition) is 2. The first kappa shape index (κ1) is 15.3. The van der Waals surface area contributed by atoms with E-state index in [1.54, 1.807) is 0 Å². The molecule has 0 spiro atoms. The van der Waals surface area contributed by atoms with Crippen molar-refractivity contribution in [2.24, 2.45) is 5.84 Å². The number of hydrazine groups is 1. The molecule has 5 nitrogen and oxygen atoms in total. The fourth-order valence-electron chi connectivity index (χ4n) is 2.14. The fraction of sp³-hybridized carbons (Fsp3) is 0.375. The molecule has 1 heterocycles. The highest BCUT2D eigenvalue weighted by atomic mass is 16.5. The summed E-state index contributed by atoms with van der Waals surface area (Å²) in [6.45, 7) is 8.41. The predicted molar refractivity (Wildman–Crippen MR) is 84.5 cm³/mol. The Balaban J connectivity index is 2.37. The van der Waals surface area contributed by atoms with Gasteiger partial charge >= 0.3 is 0 Å². The first-order valence-electron chi connectivity index (χ1n) is 7.12. The second-order valence-electron chi connectivity index (χ2n) is 5.57. The molecule has 0 fully saturated rings. The van der Waals surface area contributed by atoms with Gasteiger partial charge in [0.15, 0.2) is 5.82 Å². The van der Waals surface area contributed by atoms with Gasteiger partial charge in [0.25, 0.3) is 0 Å². The molecule has 0 aliphatic heterocycles. The zero-order valence-electron chi connectivity index (χ0n) is 12.9. The minimum absolute atomic E-state index is 0.195. The van der Waals surface area contributed by atoms with E-state index in [1.807, 2.05) is 18.2 Å². The Morgan fingerprint density at radius 1 is 1.10 bits per heavy atom. The van der Waals surface area contributed by atoms with Crippen molar-refractivity contribution < 1.29 is 4.74 Å². The summed E-state index contributed by atoms with van der Waals surface area (Å²) in [4.78, 5) is 8.39. The van der Waals surface area contributed by atoms with Crippen LogP contribution >= 0.6 is 0 Å². The average molecular weight is 286 g/mol. The highest BCUT2D eigenvalue weighted by Gasteiger charge is 2.16. The molecule has 1 aromatic heterocycles. The minimum Gasteiger partial charge on any atom is -0.439 e. The van der Waals surface area contributed by atoms with Gasteiger partial charge in [-0.15, -0.1) is 0 Å². The number of nitrogen functional groups attached to an aromatic ring is 1. The van der Waals surface area contributed by atoms with Crippen LogP contribution in [0.3, 0.4) is 0 Å². The number of aromatic nitrogens is 2. The molecule has 0 atom stereocenters. The molecule has 2 aromatic rings. The quantitative estimate of drug-likeness (QED) is 0.646. The second-order valence-corrected chi connectivity index (χ2v) is 5.57. The van der Waals surface area contributed by atoms with Gasteiger partial charge in [0.2, 0.25) is 5.88 Å². The van der Waals surface area contributed by atoms with Crippen molar-refractivity contribution in [3.8, 4) is 11.6 Å². The fourth-order valence-corrected chi connectivity index (χ4v) is 2.14. The van der Waals surface area contributed by atoms with Gasteiger partial charge in [-0.1, -0.05) is 39.8 Å². The third-order valence-electron chi connectivity index (χ3n) is 3.30. The van der Waals surface area contributed by atoms with Gasteiger partial charge in [0.05, 0.1) is 5.56 Å². The van der Waals surface area contributed by atoms with Crippen LogP contribution in [0.25, 0.3) is 0 Å². The summed E-state index contributed by atoms with van der Waals surface area (Å²) in [5.74, 6) is 8.06. The van der Waals surface area contributed by atoms with E-state index in [0.29, 0.717) is 17.6 Å². The number of hydrogen-bond acceptors (Lipinski definition) is 5. The van der Waals surface area contributed by atoms with Crippen molar-refractivity contribution in [2.45, 2.75) is 39.5 Å². The van der Waals surface area contributed by atoms with Crippen LogP contribution in [0.2, 0.25) is 0 Å². The number of anilines is 1. The van der Waals surface area contributed by atoms with E-state index in [4.69, 9.17) is 10.6 Å². The largest absolute Gasteiger partial charge is 0.439 e. The van der Waals surface area contributed by atoms with Crippen LogP contribution in [0, 0.1) is 0 Å². The molecule has 112 valence electrons. The first-order chi connectivity index (χ1) is 10.0. The van der Waals surface area contributed by atoms with E-state index in [9.17, 15) is 0 Å². The molecule has 0 saturated heterocycles. The Morgan fingerprint density at radius 3 is 2.48 bits per heavy atom. The van der Waals surface area contributed by atoms with Crippen LogP contribution in [0.5, 0.6) is 11.6 Å². The summed E-state index contributed by atoms with van der Waals surface area (Å²) in [7, 11) is 0. The van der Waals surface area contributed by atoms with Crippen molar-refractivity contribution in [1.82, 2.24) is 9.97 Å². The summed E-state index contributed by atoms with van der Waals surface area (Å²) in [6.07, 6.45) is 1.45. The molecule has 0 bridgehead atoms. The van der Waals surface area contributed by atoms with Crippen molar-refractivity contribution in [1.29, 1.82) is 0 Å². The molecule has 0 radical (unpaired) electrons. The summed E-state index contributed by atoms with van der Waals surface area (Å²) in [5.41, 5.74) is 4.70. The van der Waals surface area contributed by atoms with Crippen LogP contribution in [-0.4, -0.2) is 9.97 Å². The van der Waals surface area contributed by atoms with Crippen molar-refractivity contribution >= 4 is 5.82 Å². The minimum atomic E-state index is 0.195. The van der Waals surface area contributed by atoms with Crippen LogP contribution in [0.4, 0.5) is 5.82 Å². The lowest BCUT2D eigenvalue weighted by Gasteiger charge is -2.16. The van der Waals surface area contributed by atoms with E-state index in [2.05, 4.69) is 49.2 Å². The van der Waals surface area contributed by atoms with Crippen LogP contribution < -0.4 is 16.0 Å². The lowest BCUT2D eigenvalue weighted by Crippen LogP contribution is -2.13. The standard InChI is InChI=1S/C16H22N4O/c1-10(2)12-6-5-7-13(8-12)21-16-14(11(3)4)15(20-17)18-9-19-16/h5-11H,17H2,1-4H3,(H,18,19,20). The predicted octanol–water partition coefficient (Wildman–Crippen LogP) is 3.80. The van der Waals surface area contributed by atoms with Crippen molar-refractivity contribution in [2.75, 3.05) is 5.43 Å². The number of benzene rings is 1. The molecular formula is C16H22N4O. The summed E-state index contributed by atoms with van der Waals surface area (Å²) >= 11 is 0. The van der Waals surface area contributed by atoms with Gasteiger partial charge in [-0.25, -0.2) is 15.8 Å². The lowest BCUT2D eigenvalue weighted by molar-refractivity contribution is 0.451. The van der Waals surface area contributed by atoms with Gasteiger partial charge in [-0.05, 0) is 29.5 Å². The highest BCUT2D eigenvalue weighted by Crippen LogP contribution is 2.33. The maximum atomic E-state index is 5.96. The summed E-state index contributed by atoms with van der Waals surface area (Å²) in [6, 6.07) is 8.04.